The molecule has 0 saturated carbocycles. The Morgan fingerprint density at radius 2 is 1.68 bits per heavy atom. The maximum atomic E-state index is 13.8. The zero-order chi connectivity index (χ0) is 20.2. The molecule has 0 spiro atoms. The number of ether oxygens (including phenoxy) is 2. The van der Waals surface area contributed by atoms with Crippen LogP contribution in [0.3, 0.4) is 0 Å². The number of carbonyl (C=O) groups excluding carboxylic acids is 2. The van der Waals surface area contributed by atoms with Crippen LogP contribution in [-0.2, 0) is 29.1 Å². The van der Waals surface area contributed by atoms with Crippen molar-refractivity contribution < 1.29 is 49.4 Å². The number of hydrogen-bond acceptors (Lipinski definition) is 6. The van der Waals surface area contributed by atoms with Gasteiger partial charge >= 0.3 is 33.6 Å². The Balaban J connectivity index is 5.12. The van der Waals surface area contributed by atoms with E-state index in [0.29, 0.717) is 6.92 Å². The van der Waals surface area contributed by atoms with Crippen LogP contribution in [0.25, 0.3) is 0 Å². The predicted octanol–water partition coefficient (Wildman–Crippen LogP) is 2.05. The van der Waals surface area contributed by atoms with E-state index in [1.165, 1.54) is 0 Å². The Morgan fingerprint density at radius 3 is 2.04 bits per heavy atom. The van der Waals surface area contributed by atoms with E-state index in [4.69, 9.17) is 0 Å². The lowest BCUT2D eigenvalue weighted by Gasteiger charge is -2.25. The van der Waals surface area contributed by atoms with E-state index >= 15 is 0 Å². The molecule has 2 atom stereocenters. The summed E-state index contributed by atoms with van der Waals surface area (Å²) < 4.78 is 94.9. The van der Waals surface area contributed by atoms with Gasteiger partial charge in [-0.15, -0.1) is 0 Å². The lowest BCUT2D eigenvalue weighted by atomic mass is 10.1. The molecule has 0 amide bonds. The first kappa shape index (κ1) is 23.2. The van der Waals surface area contributed by atoms with Crippen LogP contribution in [0.4, 0.5) is 22.0 Å². The van der Waals surface area contributed by atoms with Gasteiger partial charge in [-0.05, 0) is 20.3 Å². The number of halogens is 5. The number of hydrogen-bond donors (Lipinski definition) is 1. The summed E-state index contributed by atoms with van der Waals surface area (Å²) in [5, 5.41) is 0. The molecule has 0 rings (SSSR count). The summed E-state index contributed by atoms with van der Waals surface area (Å²) in [7, 11) is -5.85. The van der Waals surface area contributed by atoms with E-state index in [1.807, 2.05) is 0 Å². The van der Waals surface area contributed by atoms with Crippen molar-refractivity contribution in [3.8, 4) is 0 Å². The van der Waals surface area contributed by atoms with Crippen LogP contribution in [0.5, 0.6) is 0 Å². The minimum atomic E-state index is -5.85. The molecule has 25 heavy (non-hydrogen) atoms. The minimum Gasteiger partial charge on any atom is -0.445 e. The van der Waals surface area contributed by atoms with Gasteiger partial charge in [0.25, 0.3) is 0 Å². The van der Waals surface area contributed by atoms with Crippen LogP contribution >= 0.6 is 0 Å². The van der Waals surface area contributed by atoms with Gasteiger partial charge in [0.2, 0.25) is 0 Å². The molecule has 0 saturated heterocycles. The second-order valence-electron chi connectivity index (χ2n) is 4.84. The zero-order valence-electron chi connectivity index (χ0n) is 13.3. The summed E-state index contributed by atoms with van der Waals surface area (Å²) >= 11 is 0. The van der Waals surface area contributed by atoms with Gasteiger partial charge in [0, 0.05) is 5.57 Å². The van der Waals surface area contributed by atoms with Gasteiger partial charge in [-0.1, -0.05) is 13.5 Å². The fourth-order valence-corrected chi connectivity index (χ4v) is 2.01. The molecular formula is C12H16F5NO6S. The highest BCUT2D eigenvalue weighted by molar-refractivity contribution is 7.90. The van der Waals surface area contributed by atoms with Crippen molar-refractivity contribution in [3.63, 3.8) is 0 Å². The van der Waals surface area contributed by atoms with Gasteiger partial charge in [0.05, 0.1) is 0 Å². The molecule has 0 heterocycles. The quantitative estimate of drug-likeness (QED) is 0.291. The minimum absolute atomic E-state index is 0.380. The monoisotopic (exact) mass is 397 g/mol. The third-order valence-electron chi connectivity index (χ3n) is 2.59. The Morgan fingerprint density at radius 1 is 1.20 bits per heavy atom. The maximum Gasteiger partial charge on any atom is 0.511 e. The van der Waals surface area contributed by atoms with Crippen LogP contribution in [0.15, 0.2) is 12.2 Å². The molecule has 146 valence electrons. The lowest BCUT2D eigenvalue weighted by Crippen LogP contribution is -2.46. The molecule has 0 aliphatic carbocycles. The summed E-state index contributed by atoms with van der Waals surface area (Å²) in [5.41, 5.74) is -6.06. The maximum absolute atomic E-state index is 13.8. The molecular weight excluding hydrogens is 381 g/mol. The van der Waals surface area contributed by atoms with E-state index in [1.54, 1.807) is 0 Å². The van der Waals surface area contributed by atoms with E-state index in [2.05, 4.69) is 16.1 Å². The molecule has 0 aliphatic heterocycles. The predicted molar refractivity (Wildman–Crippen MR) is 73.3 cm³/mol. The first-order valence-corrected chi connectivity index (χ1v) is 8.09. The first-order valence-electron chi connectivity index (χ1n) is 6.61. The summed E-state index contributed by atoms with van der Waals surface area (Å²) in [6.45, 7) is 5.93. The number of carbonyl (C=O) groups is 2. The fourth-order valence-electron chi connectivity index (χ4n) is 1.39. The van der Waals surface area contributed by atoms with Crippen LogP contribution in [-0.4, -0.2) is 38.2 Å². The van der Waals surface area contributed by atoms with E-state index in [-0.39, 0.29) is 5.57 Å². The summed E-state index contributed by atoms with van der Waals surface area (Å²) in [5.74, 6) is -5.63. The van der Waals surface area contributed by atoms with Crippen LogP contribution in [0, 0.1) is 5.92 Å². The van der Waals surface area contributed by atoms with E-state index in [9.17, 15) is 40.0 Å². The van der Waals surface area contributed by atoms with Gasteiger partial charge in [0.15, 0.2) is 12.1 Å². The SMILES string of the molecule is C=C(C)C(=O)OC(F)(F)C(CC)C(=O)OC(C)NS(=O)(=O)C(F)(F)F. The van der Waals surface area contributed by atoms with Gasteiger partial charge < -0.3 is 9.47 Å². The normalized spacial score (nSPS) is 15.2. The van der Waals surface area contributed by atoms with Crippen molar-refractivity contribution in [3.05, 3.63) is 12.2 Å². The smallest absolute Gasteiger partial charge is 0.445 e. The Kier molecular flexibility index (Phi) is 7.51. The van der Waals surface area contributed by atoms with Gasteiger partial charge in [-0.25, -0.2) is 13.2 Å². The van der Waals surface area contributed by atoms with Crippen molar-refractivity contribution >= 4 is 22.0 Å². The van der Waals surface area contributed by atoms with Crippen molar-refractivity contribution in [2.75, 3.05) is 0 Å². The molecule has 0 bridgehead atoms. The summed E-state index contributed by atoms with van der Waals surface area (Å²) in [6.07, 6.45) is -7.06. The van der Waals surface area contributed by atoms with Crippen molar-refractivity contribution in [2.24, 2.45) is 5.92 Å². The van der Waals surface area contributed by atoms with Crippen molar-refractivity contribution in [2.45, 2.75) is 45.0 Å². The topological polar surface area (TPSA) is 98.8 Å². The van der Waals surface area contributed by atoms with Gasteiger partial charge in [-0.3, -0.25) is 4.79 Å². The summed E-state index contributed by atoms with van der Waals surface area (Å²) in [4.78, 5) is 22.8. The van der Waals surface area contributed by atoms with Crippen LogP contribution in [0.2, 0.25) is 0 Å². The van der Waals surface area contributed by atoms with Crippen molar-refractivity contribution in [1.82, 2.24) is 4.72 Å². The van der Waals surface area contributed by atoms with Crippen LogP contribution < -0.4 is 4.72 Å². The highest BCUT2D eigenvalue weighted by Crippen LogP contribution is 2.31. The van der Waals surface area contributed by atoms with Gasteiger partial charge in [0.1, 0.15) is 0 Å². The molecule has 13 heteroatoms. The Bertz CT molecular complexity index is 630. The average Bonchev–Trinajstić information content (AvgIpc) is 2.35. The molecule has 1 N–H and O–H groups in total. The zero-order valence-corrected chi connectivity index (χ0v) is 14.1. The molecule has 0 aromatic rings. The number of esters is 2. The highest BCUT2D eigenvalue weighted by Gasteiger charge is 2.50. The summed E-state index contributed by atoms with van der Waals surface area (Å²) in [6, 6.07) is 0. The lowest BCUT2D eigenvalue weighted by molar-refractivity contribution is -0.258. The molecule has 2 unspecified atom stereocenters. The van der Waals surface area contributed by atoms with E-state index < -0.39 is 52.1 Å². The second-order valence-corrected chi connectivity index (χ2v) is 6.54. The molecule has 0 aromatic carbocycles. The standard InChI is InChI=1S/C12H16F5NO6S/c1-5-8(11(13,14)24-9(19)6(2)3)10(20)23-7(4)18-25(21,22)12(15,16)17/h7-8,18H,2,5H2,1,3-4H3. The van der Waals surface area contributed by atoms with Crippen LogP contribution in [0.1, 0.15) is 27.2 Å². The highest BCUT2D eigenvalue weighted by atomic mass is 32.2. The second kappa shape index (κ2) is 8.08. The fraction of sp³-hybridized carbons (Fsp3) is 0.667. The number of sulfonamides is 1. The third kappa shape index (κ3) is 6.57. The molecule has 0 fully saturated rings. The molecule has 0 aliphatic rings. The molecule has 0 radical (unpaired) electrons. The average molecular weight is 397 g/mol. The Hall–Kier alpha value is -1.76. The largest absolute Gasteiger partial charge is 0.511 e. The molecule has 7 nitrogen and oxygen atoms in total. The number of alkyl halides is 5. The Labute approximate surface area is 140 Å². The van der Waals surface area contributed by atoms with E-state index in [0.717, 1.165) is 18.6 Å². The first-order chi connectivity index (χ1) is 11.0. The number of nitrogens with one attached hydrogen (secondary N) is 1. The number of rotatable bonds is 8. The van der Waals surface area contributed by atoms with Crippen molar-refractivity contribution in [1.29, 1.82) is 0 Å². The molecule has 0 aromatic heterocycles. The third-order valence-corrected chi connectivity index (χ3v) is 3.85. The van der Waals surface area contributed by atoms with Gasteiger partial charge in [-0.2, -0.15) is 26.7 Å².